The zero-order valence-electron chi connectivity index (χ0n) is 11.1. The van der Waals surface area contributed by atoms with Crippen LogP contribution in [0.15, 0.2) is 59.2 Å². The molecular formula is C17H11BrN2O. The molecule has 0 spiro atoms. The number of hydrogen-bond donors (Lipinski definition) is 0. The lowest BCUT2D eigenvalue weighted by atomic mass is 10.1. The SMILES string of the molecule is N#Cc1cn(C(=O)Cc2ccc(Br)cc2)c2ccccc12. The number of nitrogens with zero attached hydrogens (tertiary/aromatic N) is 2. The predicted molar refractivity (Wildman–Crippen MR) is 85.1 cm³/mol. The highest BCUT2D eigenvalue weighted by atomic mass is 79.9. The molecule has 2 aromatic carbocycles. The molecule has 0 unspecified atom stereocenters. The van der Waals surface area contributed by atoms with Gasteiger partial charge in [-0.3, -0.25) is 9.36 Å². The fourth-order valence-corrected chi connectivity index (χ4v) is 2.60. The van der Waals surface area contributed by atoms with Crippen LogP contribution in [-0.4, -0.2) is 10.5 Å². The number of nitriles is 1. The summed E-state index contributed by atoms with van der Waals surface area (Å²) in [5, 5.41) is 9.98. The smallest absolute Gasteiger partial charge is 0.235 e. The molecular weight excluding hydrogens is 328 g/mol. The van der Waals surface area contributed by atoms with E-state index in [1.165, 1.54) is 0 Å². The van der Waals surface area contributed by atoms with Crippen molar-refractivity contribution in [3.8, 4) is 6.07 Å². The molecule has 3 rings (SSSR count). The zero-order valence-corrected chi connectivity index (χ0v) is 12.7. The quantitative estimate of drug-likeness (QED) is 0.704. The van der Waals surface area contributed by atoms with Gasteiger partial charge in [-0.25, -0.2) is 0 Å². The van der Waals surface area contributed by atoms with Crippen LogP contribution in [0.3, 0.4) is 0 Å². The van der Waals surface area contributed by atoms with Crippen LogP contribution < -0.4 is 0 Å². The first-order valence-electron chi connectivity index (χ1n) is 6.47. The third-order valence-electron chi connectivity index (χ3n) is 3.37. The summed E-state index contributed by atoms with van der Waals surface area (Å²) in [6.07, 6.45) is 1.92. The Morgan fingerprint density at radius 3 is 2.57 bits per heavy atom. The number of para-hydroxylation sites is 1. The summed E-state index contributed by atoms with van der Waals surface area (Å²) in [6.45, 7) is 0. The normalized spacial score (nSPS) is 10.5. The van der Waals surface area contributed by atoms with Gasteiger partial charge in [-0.05, 0) is 23.8 Å². The molecule has 0 N–H and O–H groups in total. The van der Waals surface area contributed by atoms with E-state index in [1.807, 2.05) is 48.5 Å². The Morgan fingerprint density at radius 1 is 1.14 bits per heavy atom. The van der Waals surface area contributed by atoms with Gasteiger partial charge in [0.1, 0.15) is 6.07 Å². The average Bonchev–Trinajstić information content (AvgIpc) is 2.88. The maximum absolute atomic E-state index is 12.5. The minimum absolute atomic E-state index is 0.0463. The Bertz CT molecular complexity index is 857. The van der Waals surface area contributed by atoms with Crippen LogP contribution in [0, 0.1) is 11.3 Å². The molecule has 0 radical (unpaired) electrons. The molecule has 0 aliphatic heterocycles. The van der Waals surface area contributed by atoms with Crippen LogP contribution >= 0.6 is 15.9 Å². The molecule has 0 saturated heterocycles. The first kappa shape index (κ1) is 13.6. The van der Waals surface area contributed by atoms with Crippen molar-refractivity contribution in [2.24, 2.45) is 0 Å². The van der Waals surface area contributed by atoms with E-state index in [2.05, 4.69) is 22.0 Å². The van der Waals surface area contributed by atoms with Gasteiger partial charge in [0.05, 0.1) is 17.5 Å². The minimum Gasteiger partial charge on any atom is -0.286 e. The molecule has 0 saturated carbocycles. The standard InChI is InChI=1S/C17H11BrN2O/c18-14-7-5-12(6-8-14)9-17(21)20-11-13(10-19)15-3-1-2-4-16(15)20/h1-8,11H,9H2. The summed E-state index contributed by atoms with van der Waals surface area (Å²) in [5.74, 6) is -0.0463. The first-order chi connectivity index (χ1) is 10.2. The van der Waals surface area contributed by atoms with E-state index < -0.39 is 0 Å². The van der Waals surface area contributed by atoms with Crippen molar-refractivity contribution in [2.75, 3.05) is 0 Å². The lowest BCUT2D eigenvalue weighted by Gasteiger charge is -2.04. The molecule has 0 amide bonds. The summed E-state index contributed by atoms with van der Waals surface area (Å²) in [5.41, 5.74) is 2.24. The molecule has 102 valence electrons. The molecule has 3 nitrogen and oxygen atoms in total. The third kappa shape index (κ3) is 2.61. The van der Waals surface area contributed by atoms with Gasteiger partial charge in [0.2, 0.25) is 5.91 Å². The number of hydrogen-bond acceptors (Lipinski definition) is 2. The van der Waals surface area contributed by atoms with Gasteiger partial charge in [-0.15, -0.1) is 0 Å². The van der Waals surface area contributed by atoms with Crippen LogP contribution in [0.5, 0.6) is 0 Å². The molecule has 3 aromatic rings. The average molecular weight is 339 g/mol. The van der Waals surface area contributed by atoms with Crippen LogP contribution in [0.25, 0.3) is 10.9 Å². The predicted octanol–water partition coefficient (Wildman–Crippen LogP) is 4.16. The number of fused-ring (bicyclic) bond motifs is 1. The van der Waals surface area contributed by atoms with Crippen molar-refractivity contribution in [2.45, 2.75) is 6.42 Å². The number of halogens is 1. The fraction of sp³-hybridized carbons (Fsp3) is 0.0588. The van der Waals surface area contributed by atoms with Crippen molar-refractivity contribution in [1.29, 1.82) is 5.26 Å². The summed E-state index contributed by atoms with van der Waals surface area (Å²) >= 11 is 3.38. The maximum Gasteiger partial charge on any atom is 0.235 e. The van der Waals surface area contributed by atoms with E-state index in [-0.39, 0.29) is 5.91 Å². The van der Waals surface area contributed by atoms with E-state index in [1.54, 1.807) is 10.8 Å². The molecule has 0 atom stereocenters. The number of aromatic nitrogens is 1. The van der Waals surface area contributed by atoms with E-state index in [9.17, 15) is 10.1 Å². The van der Waals surface area contributed by atoms with Gasteiger partial charge in [-0.1, -0.05) is 46.3 Å². The Labute approximate surface area is 130 Å². The van der Waals surface area contributed by atoms with Crippen LogP contribution in [0.2, 0.25) is 0 Å². The zero-order chi connectivity index (χ0) is 14.8. The molecule has 0 aliphatic carbocycles. The molecule has 4 heteroatoms. The molecule has 0 bridgehead atoms. The van der Waals surface area contributed by atoms with Gasteiger partial charge in [0.15, 0.2) is 0 Å². The lowest BCUT2D eigenvalue weighted by Crippen LogP contribution is -2.12. The van der Waals surface area contributed by atoms with Gasteiger partial charge in [0.25, 0.3) is 0 Å². The molecule has 1 aromatic heterocycles. The highest BCUT2D eigenvalue weighted by molar-refractivity contribution is 9.10. The number of carbonyl (C=O) groups is 1. The molecule has 0 aliphatic rings. The van der Waals surface area contributed by atoms with Gasteiger partial charge < -0.3 is 0 Å². The fourth-order valence-electron chi connectivity index (χ4n) is 2.34. The summed E-state index contributed by atoms with van der Waals surface area (Å²) < 4.78 is 2.55. The van der Waals surface area contributed by atoms with Crippen molar-refractivity contribution in [3.63, 3.8) is 0 Å². The van der Waals surface area contributed by atoms with Crippen molar-refractivity contribution < 1.29 is 4.79 Å². The van der Waals surface area contributed by atoms with E-state index in [0.29, 0.717) is 12.0 Å². The van der Waals surface area contributed by atoms with E-state index in [4.69, 9.17) is 0 Å². The minimum atomic E-state index is -0.0463. The Kier molecular flexibility index (Phi) is 3.59. The van der Waals surface area contributed by atoms with Gasteiger partial charge in [0, 0.05) is 16.1 Å². The van der Waals surface area contributed by atoms with Crippen LogP contribution in [0.4, 0.5) is 0 Å². The molecule has 0 fully saturated rings. The van der Waals surface area contributed by atoms with E-state index >= 15 is 0 Å². The molecule has 21 heavy (non-hydrogen) atoms. The Balaban J connectivity index is 1.98. The van der Waals surface area contributed by atoms with Gasteiger partial charge >= 0.3 is 0 Å². The summed E-state index contributed by atoms with van der Waals surface area (Å²) in [4.78, 5) is 12.5. The van der Waals surface area contributed by atoms with Crippen LogP contribution in [-0.2, 0) is 6.42 Å². The Morgan fingerprint density at radius 2 is 1.86 bits per heavy atom. The first-order valence-corrected chi connectivity index (χ1v) is 7.26. The third-order valence-corrected chi connectivity index (χ3v) is 3.90. The largest absolute Gasteiger partial charge is 0.286 e. The van der Waals surface area contributed by atoms with Crippen LogP contribution in [0.1, 0.15) is 15.9 Å². The number of carbonyl (C=O) groups excluding carboxylic acids is 1. The highest BCUT2D eigenvalue weighted by Crippen LogP contribution is 2.21. The van der Waals surface area contributed by atoms with Crippen molar-refractivity contribution in [1.82, 2.24) is 4.57 Å². The maximum atomic E-state index is 12.5. The van der Waals surface area contributed by atoms with Crippen molar-refractivity contribution in [3.05, 3.63) is 70.3 Å². The van der Waals surface area contributed by atoms with Crippen molar-refractivity contribution >= 4 is 32.7 Å². The monoisotopic (exact) mass is 338 g/mol. The second-order valence-electron chi connectivity index (χ2n) is 4.74. The highest BCUT2D eigenvalue weighted by Gasteiger charge is 2.13. The van der Waals surface area contributed by atoms with Gasteiger partial charge in [-0.2, -0.15) is 5.26 Å². The van der Waals surface area contributed by atoms with E-state index in [0.717, 1.165) is 20.9 Å². The Hall–Kier alpha value is -2.38. The lowest BCUT2D eigenvalue weighted by molar-refractivity contribution is 0.0919. The topological polar surface area (TPSA) is 45.8 Å². The summed E-state index contributed by atoms with van der Waals surface area (Å²) in [6, 6.07) is 17.2. The number of rotatable bonds is 2. The summed E-state index contributed by atoms with van der Waals surface area (Å²) in [7, 11) is 0. The molecule has 1 heterocycles. The number of benzene rings is 2. The second-order valence-corrected chi connectivity index (χ2v) is 5.65. The second kappa shape index (κ2) is 5.55.